The SMILES string of the molecule is CC[C@H](C)[C@H](NC(=O)[C@H](C)CC(=O)[C@@H](NC(=O)[C@H](CCCN=C(N)N)CC(=O)[C@@H](NC(=O)[C@H](C)CC(=O)[C@H](CCCCN)NC(=O)[C@H](CCC(N)=O)CC(=O)[C@@H](C)CCCN=C(N)N)C(C)C)C(C)C)C(N)=O. The third-order valence-corrected chi connectivity index (χ3v) is 13.0. The molecule has 0 rings (SSSR count). The van der Waals surface area contributed by atoms with Crippen LogP contribution < -0.4 is 61.4 Å². The first kappa shape index (κ1) is 67.0. The van der Waals surface area contributed by atoms with Crippen LogP contribution in [0.25, 0.3) is 0 Å². The first-order valence-corrected chi connectivity index (χ1v) is 25.8. The molecule has 73 heavy (non-hydrogen) atoms. The average Bonchev–Trinajstić information content (AvgIpc) is 3.30. The summed E-state index contributed by atoms with van der Waals surface area (Å²) in [6, 6.07) is -4.14. The van der Waals surface area contributed by atoms with E-state index in [4.69, 9.17) is 40.1 Å². The molecular weight excluding hydrogens is 943 g/mol. The Kier molecular flexibility index (Phi) is 32.3. The van der Waals surface area contributed by atoms with Gasteiger partial charge in [0.05, 0.1) is 18.1 Å². The fourth-order valence-corrected chi connectivity index (χ4v) is 8.08. The average molecular weight is 1030 g/mol. The maximum atomic E-state index is 14.1. The molecule has 23 heteroatoms. The topological polar surface area (TPSA) is 426 Å². The van der Waals surface area contributed by atoms with Crippen LogP contribution in [-0.2, 0) is 47.9 Å². The van der Waals surface area contributed by atoms with Gasteiger partial charge in [0.15, 0.2) is 29.3 Å². The molecule has 0 saturated carbocycles. The van der Waals surface area contributed by atoms with Crippen molar-refractivity contribution in [3.05, 3.63) is 0 Å². The Morgan fingerprint density at radius 2 is 0.890 bits per heavy atom. The summed E-state index contributed by atoms with van der Waals surface area (Å²) >= 11 is 0. The summed E-state index contributed by atoms with van der Waals surface area (Å²) in [6.07, 6.45) is 1.76. The van der Waals surface area contributed by atoms with E-state index in [0.717, 1.165) is 0 Å². The highest BCUT2D eigenvalue weighted by atomic mass is 16.2. The van der Waals surface area contributed by atoms with Crippen molar-refractivity contribution in [3.8, 4) is 0 Å². The lowest BCUT2D eigenvalue weighted by atomic mass is 9.87. The second-order valence-electron chi connectivity index (χ2n) is 20.3. The summed E-state index contributed by atoms with van der Waals surface area (Å²) < 4.78 is 0. The second-order valence-corrected chi connectivity index (χ2v) is 20.3. The van der Waals surface area contributed by atoms with Crippen molar-refractivity contribution < 1.29 is 47.9 Å². The normalized spacial score (nSPS) is 15.4. The molecule has 0 unspecified atom stereocenters. The third-order valence-electron chi connectivity index (χ3n) is 13.0. The zero-order valence-electron chi connectivity index (χ0n) is 45.0. The number of carbonyl (C=O) groups is 10. The summed E-state index contributed by atoms with van der Waals surface area (Å²) in [5.74, 6) is -11.1. The molecule has 0 bridgehead atoms. The van der Waals surface area contributed by atoms with E-state index < -0.39 is 118 Å². The van der Waals surface area contributed by atoms with E-state index in [0.29, 0.717) is 45.2 Å². The molecule has 0 aromatic carbocycles. The van der Waals surface area contributed by atoms with Crippen molar-refractivity contribution in [1.29, 1.82) is 0 Å². The fraction of sp³-hybridized carbons (Fsp3) is 0.760. The van der Waals surface area contributed by atoms with Gasteiger partial charge in [-0.05, 0) is 75.7 Å². The monoisotopic (exact) mass is 1030 g/mol. The molecule has 0 aliphatic rings. The highest BCUT2D eigenvalue weighted by Crippen LogP contribution is 2.22. The van der Waals surface area contributed by atoms with Gasteiger partial charge in [0, 0.05) is 74.8 Å². The molecule has 0 heterocycles. The molecule has 0 radical (unpaired) electrons. The lowest BCUT2D eigenvalue weighted by Gasteiger charge is -2.28. The molecule has 18 N–H and O–H groups in total. The van der Waals surface area contributed by atoms with E-state index >= 15 is 0 Å². The quantitative estimate of drug-likeness (QED) is 0.0223. The first-order chi connectivity index (χ1) is 34.1. The molecule has 6 amide bonds. The number of nitrogens with zero attached hydrogens (tertiary/aromatic N) is 2. The van der Waals surface area contributed by atoms with Crippen LogP contribution in [0.4, 0.5) is 0 Å². The number of primary amides is 2. The van der Waals surface area contributed by atoms with Gasteiger partial charge in [-0.2, -0.15) is 0 Å². The number of ketones is 4. The first-order valence-electron chi connectivity index (χ1n) is 25.8. The van der Waals surface area contributed by atoms with Crippen molar-refractivity contribution in [2.75, 3.05) is 19.6 Å². The number of rotatable bonds is 40. The molecule has 0 aliphatic heterocycles. The minimum Gasteiger partial charge on any atom is -0.370 e. The summed E-state index contributed by atoms with van der Waals surface area (Å²) in [5.41, 5.74) is 38.4. The van der Waals surface area contributed by atoms with Crippen molar-refractivity contribution in [1.82, 2.24) is 21.3 Å². The maximum Gasteiger partial charge on any atom is 0.240 e. The van der Waals surface area contributed by atoms with Crippen LogP contribution in [-0.4, -0.2) is 114 Å². The standard InChI is InChI=1S/C50H91N13O10/c1-10-29(6)43(44(53)69)63-46(71)32(9)24-38(66)41(27(2)3)62-48(73)33(16-14-22-59-50(56)57)26-39(67)42(28(4)5)61-45(70)31(8)23-37(65)35(17-11-12-20-51)60-47(72)34(18-19-40(52)68)25-36(64)30(7)15-13-21-58-49(54)55/h27-35,41-43H,10-26,51H2,1-9H3,(H2,52,68)(H2,53,69)(H,60,72)(H,61,70)(H,62,73)(H,63,71)(H4,54,55,58)(H4,56,57,59)/t29-,30-,31+,32+,33+,34+,35-,41-,42-,43-/m0/s1. The molecule has 10 atom stereocenters. The Labute approximate surface area is 432 Å². The van der Waals surface area contributed by atoms with Crippen molar-refractivity contribution in [2.45, 2.75) is 176 Å². The zero-order valence-corrected chi connectivity index (χ0v) is 45.0. The molecule has 416 valence electrons. The second kappa shape index (κ2) is 35.2. The van der Waals surface area contributed by atoms with Gasteiger partial charge in [-0.25, -0.2) is 0 Å². The number of hydrogen-bond donors (Lipinski definition) is 11. The van der Waals surface area contributed by atoms with Gasteiger partial charge >= 0.3 is 0 Å². The predicted octanol–water partition coefficient (Wildman–Crippen LogP) is 0.248. The number of hydrogen-bond acceptors (Lipinski definition) is 13. The van der Waals surface area contributed by atoms with Crippen LogP contribution in [0.15, 0.2) is 9.98 Å². The number of carbonyl (C=O) groups excluding carboxylic acids is 10. The van der Waals surface area contributed by atoms with Gasteiger partial charge in [-0.3, -0.25) is 57.9 Å². The lowest BCUT2D eigenvalue weighted by molar-refractivity contribution is -0.136. The minimum absolute atomic E-state index is 0.0325. The number of guanidine groups is 2. The van der Waals surface area contributed by atoms with Crippen molar-refractivity contribution in [3.63, 3.8) is 0 Å². The minimum atomic E-state index is -1.10. The van der Waals surface area contributed by atoms with E-state index in [2.05, 4.69) is 31.3 Å². The van der Waals surface area contributed by atoms with Crippen LogP contribution in [0, 0.1) is 47.3 Å². The molecule has 0 aromatic rings. The van der Waals surface area contributed by atoms with Crippen LogP contribution in [0.5, 0.6) is 0 Å². The van der Waals surface area contributed by atoms with Crippen LogP contribution in [0.1, 0.15) is 152 Å². The Morgan fingerprint density at radius 1 is 0.452 bits per heavy atom. The number of amides is 6. The van der Waals surface area contributed by atoms with Crippen LogP contribution in [0.3, 0.4) is 0 Å². The molecule has 23 nitrogen and oxygen atoms in total. The van der Waals surface area contributed by atoms with E-state index in [1.165, 1.54) is 13.8 Å². The molecule has 0 aliphatic carbocycles. The highest BCUT2D eigenvalue weighted by Gasteiger charge is 2.36. The molecule has 0 saturated heterocycles. The Morgan fingerprint density at radius 3 is 1.36 bits per heavy atom. The van der Waals surface area contributed by atoms with Crippen LogP contribution >= 0.6 is 0 Å². The fourth-order valence-electron chi connectivity index (χ4n) is 8.08. The predicted molar refractivity (Wildman–Crippen MR) is 280 cm³/mol. The number of nitrogens with one attached hydrogen (secondary N) is 4. The summed E-state index contributed by atoms with van der Waals surface area (Å²) in [6.45, 7) is 16.0. The summed E-state index contributed by atoms with van der Waals surface area (Å²) in [5, 5.41) is 11.0. The number of nitrogens with two attached hydrogens (primary N) is 7. The number of Topliss-reactive ketones (excluding diaryl/α,β-unsaturated/α-hetero) is 4. The lowest BCUT2D eigenvalue weighted by Crippen LogP contribution is -2.51. The van der Waals surface area contributed by atoms with E-state index in [1.807, 2.05) is 6.92 Å². The Hall–Kier alpha value is -6.00. The summed E-state index contributed by atoms with van der Waals surface area (Å²) in [7, 11) is 0. The molecule has 0 fully saturated rings. The Balaban J connectivity index is 6.32. The molecule has 0 aromatic heterocycles. The van der Waals surface area contributed by atoms with Gasteiger partial charge < -0.3 is 61.4 Å². The van der Waals surface area contributed by atoms with Crippen molar-refractivity contribution in [2.24, 2.45) is 97.5 Å². The van der Waals surface area contributed by atoms with E-state index in [-0.39, 0.29) is 88.0 Å². The van der Waals surface area contributed by atoms with Gasteiger partial charge in [-0.1, -0.05) is 68.7 Å². The Bertz CT molecular complexity index is 1900. The zero-order chi connectivity index (χ0) is 56.1. The molecular formula is C50H91N13O10. The van der Waals surface area contributed by atoms with E-state index in [9.17, 15) is 47.9 Å². The largest absolute Gasteiger partial charge is 0.370 e. The van der Waals surface area contributed by atoms with Crippen LogP contribution in [0.2, 0.25) is 0 Å². The number of aliphatic imine (C=N–C) groups is 2. The smallest absolute Gasteiger partial charge is 0.240 e. The van der Waals surface area contributed by atoms with E-state index in [1.54, 1.807) is 41.5 Å². The number of unbranched alkanes of at least 4 members (excludes halogenated alkanes) is 1. The molecule has 0 spiro atoms. The summed E-state index contributed by atoms with van der Waals surface area (Å²) in [4.78, 5) is 141. The maximum absolute atomic E-state index is 14.1. The van der Waals surface area contributed by atoms with Crippen molar-refractivity contribution >= 4 is 70.5 Å². The highest BCUT2D eigenvalue weighted by molar-refractivity contribution is 5.98. The van der Waals surface area contributed by atoms with Gasteiger partial charge in [0.1, 0.15) is 11.8 Å². The van der Waals surface area contributed by atoms with Gasteiger partial charge in [0.25, 0.3) is 0 Å². The third kappa shape index (κ3) is 27.0. The van der Waals surface area contributed by atoms with Gasteiger partial charge in [0.2, 0.25) is 35.4 Å². The van der Waals surface area contributed by atoms with Gasteiger partial charge in [-0.15, -0.1) is 0 Å².